The lowest BCUT2D eigenvalue weighted by atomic mass is 10.00. The Hall–Kier alpha value is -2.55. The molecular weight excluding hydrogens is 336 g/mol. The summed E-state index contributed by atoms with van der Waals surface area (Å²) in [5.41, 5.74) is 1.35. The fourth-order valence-corrected chi connectivity index (χ4v) is 3.69. The van der Waals surface area contributed by atoms with E-state index in [1.54, 1.807) is 17.2 Å². The molecule has 0 aromatic carbocycles. The van der Waals surface area contributed by atoms with Crippen molar-refractivity contribution in [3.63, 3.8) is 0 Å². The standard InChI is InChI=1S/C17H22N6O3/c1-10(2)5-11-6-13(20-17(25)19-11)16(24)22-4-3-15-14(8-22)23-12(9-26-15)7-18-21-23/h6-7,10,14-15H,3-5,8-9H2,1-2H3,(H,19,20,25)/t14-,15-/m0/s1. The maximum absolute atomic E-state index is 12.9. The van der Waals surface area contributed by atoms with Crippen LogP contribution in [-0.4, -0.2) is 55.0 Å². The molecule has 0 spiro atoms. The molecule has 2 aliphatic heterocycles. The van der Waals surface area contributed by atoms with Gasteiger partial charge in [0, 0.05) is 18.8 Å². The van der Waals surface area contributed by atoms with Gasteiger partial charge in [0.2, 0.25) is 0 Å². The Balaban J connectivity index is 1.56. The van der Waals surface area contributed by atoms with E-state index >= 15 is 0 Å². The summed E-state index contributed by atoms with van der Waals surface area (Å²) in [4.78, 5) is 33.1. The summed E-state index contributed by atoms with van der Waals surface area (Å²) in [6, 6.07) is 1.63. The number of hydrogen-bond acceptors (Lipinski definition) is 6. The van der Waals surface area contributed by atoms with Crippen molar-refractivity contribution in [2.24, 2.45) is 5.92 Å². The van der Waals surface area contributed by atoms with Crippen LogP contribution in [0.25, 0.3) is 0 Å². The highest BCUT2D eigenvalue weighted by Crippen LogP contribution is 2.30. The first-order valence-corrected chi connectivity index (χ1v) is 8.91. The molecule has 9 nitrogen and oxygen atoms in total. The van der Waals surface area contributed by atoms with Gasteiger partial charge in [0.15, 0.2) is 0 Å². The van der Waals surface area contributed by atoms with Crippen LogP contribution >= 0.6 is 0 Å². The van der Waals surface area contributed by atoms with Crippen molar-refractivity contribution in [1.82, 2.24) is 29.9 Å². The second-order valence-corrected chi connectivity index (χ2v) is 7.32. The Labute approximate surface area is 150 Å². The smallest absolute Gasteiger partial charge is 0.345 e. The summed E-state index contributed by atoms with van der Waals surface area (Å²) >= 11 is 0. The molecule has 1 fully saturated rings. The van der Waals surface area contributed by atoms with Crippen LogP contribution in [0.4, 0.5) is 0 Å². The number of piperidine rings is 1. The Bertz CT molecular complexity index is 873. The fraction of sp³-hybridized carbons (Fsp3) is 0.588. The Morgan fingerprint density at radius 3 is 3.12 bits per heavy atom. The zero-order chi connectivity index (χ0) is 18.3. The first-order chi connectivity index (χ1) is 12.5. The zero-order valence-corrected chi connectivity index (χ0v) is 14.9. The molecule has 138 valence electrons. The van der Waals surface area contributed by atoms with E-state index in [9.17, 15) is 9.59 Å². The minimum atomic E-state index is -0.485. The Morgan fingerprint density at radius 2 is 2.31 bits per heavy atom. The first kappa shape index (κ1) is 16.9. The van der Waals surface area contributed by atoms with Crippen LogP contribution in [0.1, 0.15) is 48.2 Å². The van der Waals surface area contributed by atoms with Crippen LogP contribution in [0, 0.1) is 5.92 Å². The van der Waals surface area contributed by atoms with Gasteiger partial charge in [0.05, 0.1) is 30.6 Å². The van der Waals surface area contributed by atoms with Gasteiger partial charge in [-0.25, -0.2) is 9.48 Å². The lowest BCUT2D eigenvalue weighted by Crippen LogP contribution is -2.50. The topological polar surface area (TPSA) is 106 Å². The van der Waals surface area contributed by atoms with E-state index < -0.39 is 5.69 Å². The number of rotatable bonds is 3. The fourth-order valence-electron chi connectivity index (χ4n) is 3.69. The van der Waals surface area contributed by atoms with Crippen LogP contribution in [0.5, 0.6) is 0 Å². The molecule has 2 aromatic heterocycles. The molecule has 2 aromatic rings. The number of nitrogens with zero attached hydrogens (tertiary/aromatic N) is 5. The van der Waals surface area contributed by atoms with Crippen LogP contribution in [0.3, 0.4) is 0 Å². The lowest BCUT2D eigenvalue weighted by Gasteiger charge is -2.40. The van der Waals surface area contributed by atoms with Crippen LogP contribution < -0.4 is 5.69 Å². The maximum Gasteiger partial charge on any atom is 0.345 e. The number of H-pyrrole nitrogens is 1. The van der Waals surface area contributed by atoms with E-state index in [-0.39, 0.29) is 23.7 Å². The van der Waals surface area contributed by atoms with Crippen molar-refractivity contribution < 1.29 is 9.53 Å². The molecule has 26 heavy (non-hydrogen) atoms. The Kier molecular flexibility index (Phi) is 4.31. The summed E-state index contributed by atoms with van der Waals surface area (Å²) in [7, 11) is 0. The maximum atomic E-state index is 12.9. The number of fused-ring (bicyclic) bond motifs is 3. The molecule has 0 aliphatic carbocycles. The normalized spacial score (nSPS) is 22.2. The molecule has 1 N–H and O–H groups in total. The molecule has 4 rings (SSSR count). The number of aromatic amines is 1. The summed E-state index contributed by atoms with van der Waals surface area (Å²) < 4.78 is 7.72. The molecule has 0 bridgehead atoms. The van der Waals surface area contributed by atoms with Crippen molar-refractivity contribution in [2.75, 3.05) is 13.1 Å². The molecule has 1 amide bonds. The minimum absolute atomic E-state index is 0.0249. The van der Waals surface area contributed by atoms with Crippen LogP contribution in [0.2, 0.25) is 0 Å². The van der Waals surface area contributed by atoms with E-state index in [4.69, 9.17) is 4.74 Å². The highest BCUT2D eigenvalue weighted by molar-refractivity contribution is 5.92. The van der Waals surface area contributed by atoms with Crippen molar-refractivity contribution in [2.45, 2.75) is 45.4 Å². The highest BCUT2D eigenvalue weighted by Gasteiger charge is 2.38. The molecule has 0 unspecified atom stereocenters. The molecule has 1 saturated heterocycles. The molecule has 9 heteroatoms. The number of aromatic nitrogens is 5. The summed E-state index contributed by atoms with van der Waals surface area (Å²) in [5, 5.41) is 8.09. The third-order valence-electron chi connectivity index (χ3n) is 4.86. The molecule has 4 heterocycles. The van der Waals surface area contributed by atoms with E-state index in [2.05, 4.69) is 34.1 Å². The van der Waals surface area contributed by atoms with Gasteiger partial charge in [-0.3, -0.25) is 4.79 Å². The zero-order valence-electron chi connectivity index (χ0n) is 14.9. The van der Waals surface area contributed by atoms with Gasteiger partial charge < -0.3 is 14.6 Å². The van der Waals surface area contributed by atoms with Gasteiger partial charge in [-0.05, 0) is 24.8 Å². The summed E-state index contributed by atoms with van der Waals surface area (Å²) in [5.74, 6) is 0.142. The predicted molar refractivity (Wildman–Crippen MR) is 91.6 cm³/mol. The average Bonchev–Trinajstić information content (AvgIpc) is 3.08. The summed E-state index contributed by atoms with van der Waals surface area (Å²) in [6.07, 6.45) is 3.13. The van der Waals surface area contributed by atoms with E-state index in [1.807, 2.05) is 4.68 Å². The third-order valence-corrected chi connectivity index (χ3v) is 4.86. The van der Waals surface area contributed by atoms with Gasteiger partial charge in [0.25, 0.3) is 5.91 Å². The minimum Gasteiger partial charge on any atom is -0.370 e. The number of amides is 1. The summed E-state index contributed by atoms with van der Waals surface area (Å²) in [6.45, 7) is 5.65. The number of likely N-dealkylation sites (tertiary alicyclic amines) is 1. The molecular formula is C17H22N6O3. The second kappa shape index (κ2) is 6.64. The SMILES string of the molecule is CC(C)Cc1cc(C(=O)N2CC[C@@H]3OCc4cnnn4[C@H]3C2)nc(=O)[nH]1. The lowest BCUT2D eigenvalue weighted by molar-refractivity contribution is -0.0605. The van der Waals surface area contributed by atoms with Gasteiger partial charge in [-0.1, -0.05) is 19.1 Å². The van der Waals surface area contributed by atoms with E-state index in [0.717, 1.165) is 17.8 Å². The molecule has 0 radical (unpaired) electrons. The van der Waals surface area contributed by atoms with Crippen molar-refractivity contribution in [1.29, 1.82) is 0 Å². The molecule has 2 aliphatic rings. The van der Waals surface area contributed by atoms with Crippen molar-refractivity contribution in [3.8, 4) is 0 Å². The van der Waals surface area contributed by atoms with Crippen LogP contribution in [-0.2, 0) is 17.8 Å². The number of ether oxygens (including phenoxy) is 1. The first-order valence-electron chi connectivity index (χ1n) is 8.91. The number of nitrogens with one attached hydrogen (secondary N) is 1. The van der Waals surface area contributed by atoms with E-state index in [0.29, 0.717) is 32.0 Å². The number of hydrogen-bond donors (Lipinski definition) is 1. The van der Waals surface area contributed by atoms with Crippen molar-refractivity contribution in [3.05, 3.63) is 39.8 Å². The number of carbonyl (C=O) groups excluding carboxylic acids is 1. The van der Waals surface area contributed by atoms with Gasteiger partial charge in [-0.2, -0.15) is 4.98 Å². The van der Waals surface area contributed by atoms with Gasteiger partial charge in [-0.15, -0.1) is 5.10 Å². The van der Waals surface area contributed by atoms with E-state index in [1.165, 1.54) is 0 Å². The average molecular weight is 358 g/mol. The molecule has 2 atom stereocenters. The van der Waals surface area contributed by atoms with Crippen molar-refractivity contribution >= 4 is 5.91 Å². The van der Waals surface area contributed by atoms with Crippen LogP contribution in [0.15, 0.2) is 17.1 Å². The third kappa shape index (κ3) is 3.14. The predicted octanol–water partition coefficient (Wildman–Crippen LogP) is 0.546. The van der Waals surface area contributed by atoms with Gasteiger partial charge in [0.1, 0.15) is 5.69 Å². The Morgan fingerprint density at radius 1 is 1.46 bits per heavy atom. The molecule has 0 saturated carbocycles. The number of carbonyl (C=O) groups is 1. The highest BCUT2D eigenvalue weighted by atomic mass is 16.5. The quantitative estimate of drug-likeness (QED) is 0.859. The second-order valence-electron chi connectivity index (χ2n) is 7.32. The van der Waals surface area contributed by atoms with Gasteiger partial charge >= 0.3 is 5.69 Å². The largest absolute Gasteiger partial charge is 0.370 e. The monoisotopic (exact) mass is 358 g/mol.